The van der Waals surface area contributed by atoms with Gasteiger partial charge in [-0.05, 0) is 12.8 Å². The Morgan fingerprint density at radius 1 is 1.44 bits per heavy atom. The van der Waals surface area contributed by atoms with E-state index in [4.69, 9.17) is 0 Å². The Kier molecular flexibility index (Phi) is 4.69. The maximum atomic E-state index is 11.9. The van der Waals surface area contributed by atoms with Crippen LogP contribution in [0, 0.1) is 0 Å². The number of carbonyl (C=O) groups excluding carboxylic acids is 2. The SMILES string of the molecule is COC(=O)[C@H]1CCCN1C(=O)CN(C)S(C)(=O)=O. The van der Waals surface area contributed by atoms with Crippen LogP contribution in [0.1, 0.15) is 12.8 Å². The highest BCUT2D eigenvalue weighted by molar-refractivity contribution is 7.88. The van der Waals surface area contributed by atoms with Gasteiger partial charge in [0, 0.05) is 13.6 Å². The van der Waals surface area contributed by atoms with Crippen molar-refractivity contribution in [2.45, 2.75) is 18.9 Å². The summed E-state index contributed by atoms with van der Waals surface area (Å²) in [6.07, 6.45) is 2.30. The van der Waals surface area contributed by atoms with Crippen LogP contribution < -0.4 is 0 Å². The van der Waals surface area contributed by atoms with Crippen molar-refractivity contribution in [3.63, 3.8) is 0 Å². The number of methoxy groups -OCH3 is 1. The Labute approximate surface area is 107 Å². The number of rotatable bonds is 4. The fourth-order valence-corrected chi connectivity index (χ4v) is 2.19. The zero-order chi connectivity index (χ0) is 13.9. The van der Waals surface area contributed by atoms with Crippen LogP contribution in [0.4, 0.5) is 0 Å². The van der Waals surface area contributed by atoms with E-state index in [9.17, 15) is 18.0 Å². The molecule has 0 aromatic rings. The molecular weight excluding hydrogens is 260 g/mol. The van der Waals surface area contributed by atoms with Crippen LogP contribution in [0.25, 0.3) is 0 Å². The molecule has 0 N–H and O–H groups in total. The first kappa shape index (κ1) is 14.9. The number of amides is 1. The molecule has 0 bridgehead atoms. The van der Waals surface area contributed by atoms with Gasteiger partial charge in [-0.1, -0.05) is 0 Å². The lowest BCUT2D eigenvalue weighted by atomic mass is 10.2. The molecule has 104 valence electrons. The molecule has 0 radical (unpaired) electrons. The average Bonchev–Trinajstić information content (AvgIpc) is 2.75. The zero-order valence-corrected chi connectivity index (χ0v) is 11.6. The highest BCUT2D eigenvalue weighted by Crippen LogP contribution is 2.18. The molecule has 0 aliphatic carbocycles. The number of likely N-dealkylation sites (tertiary alicyclic amines) is 1. The van der Waals surface area contributed by atoms with Crippen molar-refractivity contribution in [3.8, 4) is 0 Å². The van der Waals surface area contributed by atoms with E-state index < -0.39 is 22.0 Å². The zero-order valence-electron chi connectivity index (χ0n) is 10.7. The van der Waals surface area contributed by atoms with Gasteiger partial charge in [0.15, 0.2) is 0 Å². The lowest BCUT2D eigenvalue weighted by Gasteiger charge is -2.24. The Hall–Kier alpha value is -1.15. The second-order valence-electron chi connectivity index (χ2n) is 4.29. The molecular formula is C10H18N2O5S. The van der Waals surface area contributed by atoms with E-state index in [2.05, 4.69) is 4.74 Å². The van der Waals surface area contributed by atoms with Crippen molar-refractivity contribution in [3.05, 3.63) is 0 Å². The fraction of sp³-hybridized carbons (Fsp3) is 0.800. The fourth-order valence-electron chi connectivity index (χ4n) is 1.84. The largest absolute Gasteiger partial charge is 0.467 e. The van der Waals surface area contributed by atoms with Crippen molar-refractivity contribution < 1.29 is 22.7 Å². The first-order valence-corrected chi connectivity index (χ1v) is 7.41. The maximum Gasteiger partial charge on any atom is 0.328 e. The summed E-state index contributed by atoms with van der Waals surface area (Å²) in [6, 6.07) is -0.588. The summed E-state index contributed by atoms with van der Waals surface area (Å²) in [4.78, 5) is 24.8. The van der Waals surface area contributed by atoms with Gasteiger partial charge in [0.2, 0.25) is 15.9 Å². The van der Waals surface area contributed by atoms with Crippen molar-refractivity contribution in [2.24, 2.45) is 0 Å². The predicted molar refractivity (Wildman–Crippen MR) is 64.2 cm³/mol. The average molecular weight is 278 g/mol. The van der Waals surface area contributed by atoms with Crippen molar-refractivity contribution >= 4 is 21.9 Å². The number of carbonyl (C=O) groups is 2. The summed E-state index contributed by atoms with van der Waals surface area (Å²) in [5.74, 6) is -0.835. The third-order valence-electron chi connectivity index (χ3n) is 2.97. The van der Waals surface area contributed by atoms with E-state index in [1.165, 1.54) is 19.1 Å². The molecule has 1 fully saturated rings. The summed E-state index contributed by atoms with van der Waals surface area (Å²) in [5.41, 5.74) is 0. The second-order valence-corrected chi connectivity index (χ2v) is 6.38. The number of hydrogen-bond acceptors (Lipinski definition) is 5. The molecule has 1 atom stereocenters. The summed E-state index contributed by atoms with van der Waals surface area (Å²) in [5, 5.41) is 0. The van der Waals surface area contributed by atoms with E-state index in [-0.39, 0.29) is 12.5 Å². The molecule has 1 saturated heterocycles. The summed E-state index contributed by atoms with van der Waals surface area (Å²) >= 11 is 0. The van der Waals surface area contributed by atoms with E-state index >= 15 is 0 Å². The van der Waals surface area contributed by atoms with Crippen LogP contribution in [-0.2, 0) is 24.3 Å². The Morgan fingerprint density at radius 3 is 2.56 bits per heavy atom. The van der Waals surface area contributed by atoms with Crippen LogP contribution in [0.15, 0.2) is 0 Å². The predicted octanol–water partition coefficient (Wildman–Crippen LogP) is -0.958. The maximum absolute atomic E-state index is 11.9. The topological polar surface area (TPSA) is 84.0 Å². The van der Waals surface area contributed by atoms with Gasteiger partial charge in [-0.2, -0.15) is 4.31 Å². The minimum Gasteiger partial charge on any atom is -0.467 e. The van der Waals surface area contributed by atoms with Crippen molar-refractivity contribution in [2.75, 3.05) is 33.5 Å². The summed E-state index contributed by atoms with van der Waals surface area (Å²) < 4.78 is 28.0. The van der Waals surface area contributed by atoms with Crippen LogP contribution >= 0.6 is 0 Å². The Bertz CT molecular complexity index is 434. The third kappa shape index (κ3) is 3.42. The molecule has 0 unspecified atom stereocenters. The lowest BCUT2D eigenvalue weighted by molar-refractivity contribution is -0.150. The molecule has 1 aliphatic rings. The summed E-state index contributed by atoms with van der Waals surface area (Å²) in [6.45, 7) is 0.197. The molecule has 8 heteroatoms. The van der Waals surface area contributed by atoms with Crippen LogP contribution in [0.2, 0.25) is 0 Å². The quantitative estimate of drug-likeness (QED) is 0.619. The van der Waals surface area contributed by atoms with E-state index in [1.54, 1.807) is 0 Å². The van der Waals surface area contributed by atoms with Gasteiger partial charge in [-0.15, -0.1) is 0 Å². The molecule has 0 aromatic carbocycles. The smallest absolute Gasteiger partial charge is 0.328 e. The summed E-state index contributed by atoms with van der Waals surface area (Å²) in [7, 11) is -0.801. The number of esters is 1. The first-order chi connectivity index (χ1) is 8.27. The molecule has 1 rings (SSSR count). The number of likely N-dealkylation sites (N-methyl/N-ethyl adjacent to an activating group) is 1. The second kappa shape index (κ2) is 5.66. The first-order valence-electron chi connectivity index (χ1n) is 5.56. The number of hydrogen-bond donors (Lipinski definition) is 0. The van der Waals surface area contributed by atoms with Crippen LogP contribution in [-0.4, -0.2) is 69.0 Å². The van der Waals surface area contributed by atoms with Gasteiger partial charge in [0.1, 0.15) is 6.04 Å². The molecule has 7 nitrogen and oxygen atoms in total. The minimum absolute atomic E-state index is 0.258. The highest BCUT2D eigenvalue weighted by Gasteiger charge is 2.35. The van der Waals surface area contributed by atoms with Gasteiger partial charge in [0.25, 0.3) is 0 Å². The molecule has 1 aliphatic heterocycles. The lowest BCUT2D eigenvalue weighted by Crippen LogP contribution is -2.46. The molecule has 1 heterocycles. The number of nitrogens with zero attached hydrogens (tertiary/aromatic N) is 2. The van der Waals surface area contributed by atoms with Crippen molar-refractivity contribution in [1.29, 1.82) is 0 Å². The standard InChI is InChI=1S/C10H18N2O5S/c1-11(18(3,15)16)7-9(13)12-6-4-5-8(12)10(14)17-2/h8H,4-7H2,1-3H3/t8-/m1/s1. The monoisotopic (exact) mass is 278 g/mol. The normalized spacial score (nSPS) is 20.2. The van der Waals surface area contributed by atoms with Gasteiger partial charge >= 0.3 is 5.97 Å². The van der Waals surface area contributed by atoms with Crippen molar-refractivity contribution in [1.82, 2.24) is 9.21 Å². The number of ether oxygens (including phenoxy) is 1. The van der Waals surface area contributed by atoms with Crippen LogP contribution in [0.3, 0.4) is 0 Å². The molecule has 0 spiro atoms. The number of sulfonamides is 1. The van der Waals surface area contributed by atoms with Crippen LogP contribution in [0.5, 0.6) is 0 Å². The van der Waals surface area contributed by atoms with Gasteiger partial charge in [-0.25, -0.2) is 13.2 Å². The molecule has 1 amide bonds. The Balaban J connectivity index is 2.69. The minimum atomic E-state index is -3.40. The van der Waals surface area contributed by atoms with Gasteiger partial charge < -0.3 is 9.64 Å². The van der Waals surface area contributed by atoms with E-state index in [0.717, 1.165) is 10.6 Å². The third-order valence-corrected chi connectivity index (χ3v) is 4.23. The molecule has 0 saturated carbocycles. The van der Waals surface area contributed by atoms with Gasteiger partial charge in [0.05, 0.1) is 19.9 Å². The molecule has 18 heavy (non-hydrogen) atoms. The molecule has 0 aromatic heterocycles. The Morgan fingerprint density at radius 2 is 2.06 bits per heavy atom. The highest BCUT2D eigenvalue weighted by atomic mass is 32.2. The van der Waals surface area contributed by atoms with E-state index in [1.807, 2.05) is 0 Å². The van der Waals surface area contributed by atoms with E-state index in [0.29, 0.717) is 19.4 Å². The van der Waals surface area contributed by atoms with Gasteiger partial charge in [-0.3, -0.25) is 4.79 Å².